The number of hydrogen-bond acceptors (Lipinski definition) is 2. The minimum atomic E-state index is 0.820. The van der Waals surface area contributed by atoms with Crippen LogP contribution in [0.2, 0.25) is 0 Å². The highest BCUT2D eigenvalue weighted by Gasteiger charge is 2.09. The lowest BCUT2D eigenvalue weighted by Gasteiger charge is -2.14. The lowest BCUT2D eigenvalue weighted by molar-refractivity contribution is 0.726. The lowest BCUT2D eigenvalue weighted by Crippen LogP contribution is -2.10. The van der Waals surface area contributed by atoms with E-state index in [1.165, 1.54) is 18.4 Å². The molecule has 0 aromatic carbocycles. The maximum absolute atomic E-state index is 7.54. The van der Waals surface area contributed by atoms with Crippen LogP contribution in [0.4, 0.5) is 0 Å². The molecule has 2 N–H and O–H groups in total. The molecular formula is C8H14N2. The van der Waals surface area contributed by atoms with E-state index < -0.39 is 0 Å². The Labute approximate surface area is 61.8 Å². The number of allylic oxidation sites excluding steroid dienone is 1. The Bertz CT molecular complexity index is 159. The summed E-state index contributed by atoms with van der Waals surface area (Å²) >= 11 is 0. The molecule has 1 aliphatic carbocycles. The average molecular weight is 138 g/mol. The Kier molecular flexibility index (Phi) is 2.49. The highest BCUT2D eigenvalue weighted by atomic mass is 14.8. The molecule has 2 nitrogen and oxygen atoms in total. The molecule has 0 amide bonds. The number of hydrogen-bond donors (Lipinski definition) is 2. The van der Waals surface area contributed by atoms with Gasteiger partial charge in [-0.05, 0) is 31.3 Å². The van der Waals surface area contributed by atoms with Gasteiger partial charge < -0.3 is 10.7 Å². The summed E-state index contributed by atoms with van der Waals surface area (Å²) in [5.41, 5.74) is 2.01. The van der Waals surface area contributed by atoms with Crippen LogP contribution in [0.1, 0.15) is 25.7 Å². The number of rotatable bonds is 1. The maximum atomic E-state index is 7.54. The van der Waals surface area contributed by atoms with Gasteiger partial charge in [0.25, 0.3) is 0 Å². The van der Waals surface area contributed by atoms with Crippen molar-refractivity contribution in [3.63, 3.8) is 0 Å². The van der Waals surface area contributed by atoms with Crippen molar-refractivity contribution < 1.29 is 0 Å². The molecule has 0 aromatic rings. The first-order chi connectivity index (χ1) is 4.84. The third-order valence-corrected chi connectivity index (χ3v) is 1.83. The smallest absolute Gasteiger partial charge is 0.0360 e. The minimum Gasteiger partial charge on any atom is -0.394 e. The van der Waals surface area contributed by atoms with Gasteiger partial charge in [0.1, 0.15) is 0 Å². The van der Waals surface area contributed by atoms with Crippen molar-refractivity contribution in [1.29, 1.82) is 5.41 Å². The summed E-state index contributed by atoms with van der Waals surface area (Å²) in [5.74, 6) is 0. The molecular weight excluding hydrogens is 124 g/mol. The Morgan fingerprint density at radius 3 is 2.70 bits per heavy atom. The molecule has 0 heterocycles. The molecule has 1 fully saturated rings. The lowest BCUT2D eigenvalue weighted by atomic mass is 9.94. The first-order valence-corrected chi connectivity index (χ1v) is 3.78. The van der Waals surface area contributed by atoms with Crippen LogP contribution in [0.3, 0.4) is 0 Å². The Hall–Kier alpha value is -0.790. The van der Waals surface area contributed by atoms with Crippen molar-refractivity contribution in [2.75, 3.05) is 7.05 Å². The second-order valence-corrected chi connectivity index (χ2v) is 2.64. The van der Waals surface area contributed by atoms with Crippen molar-refractivity contribution in [2.24, 2.45) is 0 Å². The van der Waals surface area contributed by atoms with Gasteiger partial charge in [-0.15, -0.1) is 0 Å². The van der Waals surface area contributed by atoms with Crippen LogP contribution in [-0.2, 0) is 0 Å². The Balaban J connectivity index is 2.56. The largest absolute Gasteiger partial charge is 0.394 e. The van der Waals surface area contributed by atoms with E-state index in [2.05, 4.69) is 5.32 Å². The van der Waals surface area contributed by atoms with Gasteiger partial charge in [-0.1, -0.05) is 0 Å². The quantitative estimate of drug-likeness (QED) is 0.568. The van der Waals surface area contributed by atoms with Gasteiger partial charge in [-0.3, -0.25) is 0 Å². The van der Waals surface area contributed by atoms with Crippen LogP contribution in [0.25, 0.3) is 0 Å². The van der Waals surface area contributed by atoms with Gasteiger partial charge >= 0.3 is 0 Å². The van der Waals surface area contributed by atoms with E-state index >= 15 is 0 Å². The van der Waals surface area contributed by atoms with E-state index in [4.69, 9.17) is 5.41 Å². The molecule has 0 spiro atoms. The summed E-state index contributed by atoms with van der Waals surface area (Å²) in [4.78, 5) is 0. The van der Waals surface area contributed by atoms with Crippen molar-refractivity contribution >= 4 is 5.71 Å². The standard InChI is InChI=1S/C8H14N2/c1-10-6-7-4-2-3-5-8(7)9/h6,9-10H,2-5H2,1H3/b7-6-,9-8?. The summed E-state index contributed by atoms with van der Waals surface area (Å²) in [6.07, 6.45) is 6.43. The molecule has 56 valence electrons. The fraction of sp³-hybridized carbons (Fsp3) is 0.625. The monoisotopic (exact) mass is 138 g/mol. The van der Waals surface area contributed by atoms with Gasteiger partial charge in [0.15, 0.2) is 0 Å². The molecule has 0 aromatic heterocycles. The van der Waals surface area contributed by atoms with Gasteiger partial charge in [0, 0.05) is 19.0 Å². The summed E-state index contributed by atoms with van der Waals surface area (Å²) in [6, 6.07) is 0. The second kappa shape index (κ2) is 3.40. The van der Waals surface area contributed by atoms with Crippen LogP contribution in [0.15, 0.2) is 11.8 Å². The summed E-state index contributed by atoms with van der Waals surface area (Å²) in [6.45, 7) is 0. The number of nitrogens with one attached hydrogen (secondary N) is 2. The zero-order valence-corrected chi connectivity index (χ0v) is 6.41. The van der Waals surface area contributed by atoms with E-state index in [1.807, 2.05) is 13.2 Å². The van der Waals surface area contributed by atoms with E-state index in [9.17, 15) is 0 Å². The van der Waals surface area contributed by atoms with E-state index in [1.54, 1.807) is 0 Å². The topological polar surface area (TPSA) is 35.9 Å². The molecule has 1 aliphatic rings. The van der Waals surface area contributed by atoms with Crippen molar-refractivity contribution in [3.05, 3.63) is 11.8 Å². The maximum Gasteiger partial charge on any atom is 0.0360 e. The molecule has 10 heavy (non-hydrogen) atoms. The predicted molar refractivity (Wildman–Crippen MR) is 43.3 cm³/mol. The third kappa shape index (κ3) is 1.59. The Morgan fingerprint density at radius 1 is 1.40 bits per heavy atom. The van der Waals surface area contributed by atoms with Crippen LogP contribution in [0, 0.1) is 5.41 Å². The zero-order chi connectivity index (χ0) is 7.40. The summed E-state index contributed by atoms with van der Waals surface area (Å²) in [7, 11) is 1.88. The van der Waals surface area contributed by atoms with Crippen LogP contribution in [0.5, 0.6) is 0 Å². The third-order valence-electron chi connectivity index (χ3n) is 1.83. The summed E-state index contributed by atoms with van der Waals surface area (Å²) < 4.78 is 0. The average Bonchev–Trinajstić information content (AvgIpc) is 1.94. The summed E-state index contributed by atoms with van der Waals surface area (Å²) in [5, 5.41) is 10.5. The first-order valence-electron chi connectivity index (χ1n) is 3.78. The molecule has 0 aliphatic heterocycles. The predicted octanol–water partition coefficient (Wildman–Crippen LogP) is 1.68. The molecule has 0 saturated heterocycles. The minimum absolute atomic E-state index is 0.820. The highest BCUT2D eigenvalue weighted by Crippen LogP contribution is 2.18. The highest BCUT2D eigenvalue weighted by molar-refractivity contribution is 5.98. The zero-order valence-electron chi connectivity index (χ0n) is 6.41. The normalized spacial score (nSPS) is 23.3. The van der Waals surface area contributed by atoms with E-state index in [0.29, 0.717) is 0 Å². The molecule has 1 rings (SSSR count). The van der Waals surface area contributed by atoms with Gasteiger partial charge in [-0.2, -0.15) is 0 Å². The van der Waals surface area contributed by atoms with Crippen LogP contribution in [-0.4, -0.2) is 12.8 Å². The van der Waals surface area contributed by atoms with Crippen LogP contribution < -0.4 is 5.32 Å². The van der Waals surface area contributed by atoms with Crippen molar-refractivity contribution in [1.82, 2.24) is 5.32 Å². The van der Waals surface area contributed by atoms with Crippen molar-refractivity contribution in [2.45, 2.75) is 25.7 Å². The molecule has 0 unspecified atom stereocenters. The fourth-order valence-electron chi connectivity index (χ4n) is 1.26. The SMILES string of the molecule is CN/C=C1/CCCCC1=N. The molecule has 2 heteroatoms. The van der Waals surface area contributed by atoms with Gasteiger partial charge in [0.2, 0.25) is 0 Å². The first kappa shape index (κ1) is 7.32. The van der Waals surface area contributed by atoms with E-state index in [0.717, 1.165) is 18.6 Å². The molecule has 0 radical (unpaired) electrons. The molecule has 0 bridgehead atoms. The van der Waals surface area contributed by atoms with E-state index in [-0.39, 0.29) is 0 Å². The van der Waals surface area contributed by atoms with Crippen molar-refractivity contribution in [3.8, 4) is 0 Å². The Morgan fingerprint density at radius 2 is 2.10 bits per heavy atom. The molecule has 1 saturated carbocycles. The van der Waals surface area contributed by atoms with Crippen LogP contribution >= 0.6 is 0 Å². The van der Waals surface area contributed by atoms with Gasteiger partial charge in [0.05, 0.1) is 0 Å². The second-order valence-electron chi connectivity index (χ2n) is 2.64. The molecule has 0 atom stereocenters. The fourth-order valence-corrected chi connectivity index (χ4v) is 1.26. The van der Waals surface area contributed by atoms with Gasteiger partial charge in [-0.25, -0.2) is 0 Å².